The Hall–Kier alpha value is -0.570. The monoisotopic (exact) mass is 259 g/mol. The van der Waals surface area contributed by atoms with Crippen LogP contribution < -0.4 is 5.11 Å². The highest BCUT2D eigenvalue weighted by molar-refractivity contribution is 5.63. The van der Waals surface area contributed by atoms with Gasteiger partial charge in [-0.1, -0.05) is 39.5 Å². The number of nitrogens with zero attached hydrogens (tertiary/aromatic N) is 1. The zero-order valence-corrected chi connectivity index (χ0v) is 13.1. The molecule has 18 heavy (non-hydrogen) atoms. The average Bonchev–Trinajstić information content (AvgIpc) is 2.24. The maximum Gasteiger partial charge on any atom is 0.0780 e. The zero-order chi connectivity index (χ0) is 14.4. The first-order chi connectivity index (χ1) is 8.33. The molecule has 0 amide bonds. The van der Waals surface area contributed by atoms with Crippen LogP contribution in [0.2, 0.25) is 0 Å². The highest BCUT2D eigenvalue weighted by atomic mass is 16.4. The van der Waals surface area contributed by atoms with E-state index < -0.39 is 5.97 Å². The summed E-state index contributed by atoms with van der Waals surface area (Å²) in [6.45, 7) is 5.61. The quantitative estimate of drug-likeness (QED) is 0.472. The van der Waals surface area contributed by atoms with E-state index >= 15 is 0 Å². The maximum atomic E-state index is 9.76. The average molecular weight is 259 g/mol. The molecule has 0 aliphatic carbocycles. The summed E-state index contributed by atoms with van der Waals surface area (Å²) in [6.07, 6.45) is 8.58. The van der Waals surface area contributed by atoms with Crippen molar-refractivity contribution in [2.45, 2.75) is 65.2 Å². The predicted octanol–water partition coefficient (Wildman–Crippen LogP) is 2.59. The van der Waals surface area contributed by atoms with E-state index in [9.17, 15) is 9.90 Å². The molecule has 0 rings (SSSR count). The lowest BCUT2D eigenvalue weighted by Crippen LogP contribution is -2.35. The summed E-state index contributed by atoms with van der Waals surface area (Å²) in [6, 6.07) is 0. The topological polar surface area (TPSA) is 40.1 Å². The smallest absolute Gasteiger partial charge is 0.0780 e. The highest BCUT2D eigenvalue weighted by Crippen LogP contribution is 2.02. The van der Waals surface area contributed by atoms with Gasteiger partial charge in [0.1, 0.15) is 0 Å². The first-order valence-corrected chi connectivity index (χ1v) is 7.33. The summed E-state index contributed by atoms with van der Waals surface area (Å²) in [5.41, 5.74) is 0. The minimum absolute atomic E-state index is 0.216. The number of carbonyl (C=O) groups is 1. The Morgan fingerprint density at radius 2 is 1.39 bits per heavy atom. The van der Waals surface area contributed by atoms with Crippen LogP contribution in [0.5, 0.6) is 0 Å². The molecule has 3 heteroatoms. The Morgan fingerprint density at radius 3 is 1.78 bits per heavy atom. The summed E-state index contributed by atoms with van der Waals surface area (Å²) in [5.74, 6) is -0.932. The Labute approximate surface area is 114 Å². The maximum absolute atomic E-state index is 9.76. The molecule has 0 aromatic carbocycles. The van der Waals surface area contributed by atoms with Gasteiger partial charge in [0.2, 0.25) is 0 Å². The van der Waals surface area contributed by atoms with E-state index in [1.807, 2.05) is 6.92 Å². The molecule has 0 fully saturated rings. The van der Waals surface area contributed by atoms with E-state index in [2.05, 4.69) is 28.1 Å². The van der Waals surface area contributed by atoms with Crippen molar-refractivity contribution >= 4 is 5.97 Å². The minimum Gasteiger partial charge on any atom is -0.550 e. The molecule has 0 N–H and O–H groups in total. The Balaban J connectivity index is 0. The number of aliphatic carboxylic acids is 1. The molecule has 0 atom stereocenters. The second kappa shape index (κ2) is 12.9. The number of hydrogen-bond acceptors (Lipinski definition) is 2. The largest absolute Gasteiger partial charge is 0.550 e. The lowest BCUT2D eigenvalue weighted by Gasteiger charge is -2.23. The van der Waals surface area contributed by atoms with E-state index in [4.69, 9.17) is 0 Å². The van der Waals surface area contributed by atoms with Crippen LogP contribution in [0.25, 0.3) is 0 Å². The third kappa shape index (κ3) is 24.6. The third-order valence-corrected chi connectivity index (χ3v) is 2.67. The Kier molecular flexibility index (Phi) is 14.1. The van der Waals surface area contributed by atoms with Crippen molar-refractivity contribution in [1.82, 2.24) is 0 Å². The van der Waals surface area contributed by atoms with E-state index in [0.717, 1.165) is 23.7 Å². The van der Waals surface area contributed by atoms with E-state index in [-0.39, 0.29) is 6.42 Å². The number of carboxylic acids is 1. The fourth-order valence-electron chi connectivity index (χ4n) is 1.53. The van der Waals surface area contributed by atoms with Crippen molar-refractivity contribution in [3.63, 3.8) is 0 Å². The van der Waals surface area contributed by atoms with Crippen LogP contribution in [0.1, 0.15) is 65.2 Å². The molecular formula is C15H33NO2. The Morgan fingerprint density at radius 1 is 0.889 bits per heavy atom. The van der Waals surface area contributed by atoms with Gasteiger partial charge in [0.05, 0.1) is 27.7 Å². The van der Waals surface area contributed by atoms with Gasteiger partial charge in [-0.2, -0.15) is 0 Å². The highest BCUT2D eigenvalue weighted by Gasteiger charge is 2.04. The van der Waals surface area contributed by atoms with Gasteiger partial charge in [-0.05, 0) is 25.7 Å². The number of carboxylic acid groups (broad SMARTS) is 1. The lowest BCUT2D eigenvalue weighted by atomic mass is 10.2. The van der Waals surface area contributed by atoms with Gasteiger partial charge in [0, 0.05) is 5.97 Å². The number of carbonyl (C=O) groups excluding carboxylic acids is 1. The van der Waals surface area contributed by atoms with Crippen LogP contribution in [0, 0.1) is 0 Å². The second-order valence-corrected chi connectivity index (χ2v) is 5.90. The van der Waals surface area contributed by atoms with Gasteiger partial charge in [-0.25, -0.2) is 0 Å². The molecule has 0 saturated heterocycles. The molecule has 0 heterocycles. The normalized spacial score (nSPS) is 10.7. The third-order valence-electron chi connectivity index (χ3n) is 2.67. The molecule has 110 valence electrons. The zero-order valence-electron chi connectivity index (χ0n) is 13.1. The first-order valence-electron chi connectivity index (χ1n) is 7.33. The second-order valence-electron chi connectivity index (χ2n) is 5.90. The fraction of sp³-hybridized carbons (Fsp3) is 0.933. The number of hydrogen-bond donors (Lipinski definition) is 0. The molecule has 0 aliphatic rings. The molecule has 0 aliphatic heterocycles. The lowest BCUT2D eigenvalue weighted by molar-refractivity contribution is -0.870. The summed E-state index contributed by atoms with van der Waals surface area (Å²) in [4.78, 5) is 9.76. The SMILES string of the molecule is CCCCCC(=O)[O-].CCCCCC[N+](C)(C)C. The molecule has 0 bridgehead atoms. The summed E-state index contributed by atoms with van der Waals surface area (Å²) in [7, 11) is 6.77. The van der Waals surface area contributed by atoms with Crippen LogP contribution in [0.4, 0.5) is 0 Å². The van der Waals surface area contributed by atoms with Crippen LogP contribution in [-0.2, 0) is 4.79 Å². The number of quaternary nitrogens is 1. The summed E-state index contributed by atoms with van der Waals surface area (Å²) in [5, 5.41) is 9.76. The number of rotatable bonds is 9. The summed E-state index contributed by atoms with van der Waals surface area (Å²) >= 11 is 0. The molecular weight excluding hydrogens is 226 g/mol. The van der Waals surface area contributed by atoms with E-state index in [1.54, 1.807) is 0 Å². The molecule has 0 spiro atoms. The predicted molar refractivity (Wildman–Crippen MR) is 76.2 cm³/mol. The molecule has 3 nitrogen and oxygen atoms in total. The van der Waals surface area contributed by atoms with Gasteiger partial charge in [-0.15, -0.1) is 0 Å². The van der Waals surface area contributed by atoms with Crippen LogP contribution in [0.3, 0.4) is 0 Å². The first kappa shape index (κ1) is 19.8. The van der Waals surface area contributed by atoms with Crippen molar-refractivity contribution in [2.24, 2.45) is 0 Å². The van der Waals surface area contributed by atoms with Crippen LogP contribution >= 0.6 is 0 Å². The van der Waals surface area contributed by atoms with Gasteiger partial charge < -0.3 is 14.4 Å². The van der Waals surface area contributed by atoms with Gasteiger partial charge in [-0.3, -0.25) is 0 Å². The van der Waals surface area contributed by atoms with Crippen molar-refractivity contribution in [3.05, 3.63) is 0 Å². The Bertz CT molecular complexity index is 185. The van der Waals surface area contributed by atoms with E-state index in [0.29, 0.717) is 0 Å². The molecule has 0 unspecified atom stereocenters. The van der Waals surface area contributed by atoms with Crippen molar-refractivity contribution < 1.29 is 14.4 Å². The van der Waals surface area contributed by atoms with Gasteiger partial charge in [0.25, 0.3) is 0 Å². The van der Waals surface area contributed by atoms with Gasteiger partial charge >= 0.3 is 0 Å². The molecule has 0 saturated carbocycles. The van der Waals surface area contributed by atoms with E-state index in [1.165, 1.54) is 32.2 Å². The minimum atomic E-state index is -0.932. The van der Waals surface area contributed by atoms with Crippen LogP contribution in [-0.4, -0.2) is 38.1 Å². The van der Waals surface area contributed by atoms with Crippen molar-refractivity contribution in [1.29, 1.82) is 0 Å². The molecule has 0 radical (unpaired) electrons. The number of unbranched alkanes of at least 4 members (excludes halogenated alkanes) is 5. The molecule has 0 aromatic rings. The fourth-order valence-corrected chi connectivity index (χ4v) is 1.53. The van der Waals surface area contributed by atoms with Crippen molar-refractivity contribution in [2.75, 3.05) is 27.7 Å². The van der Waals surface area contributed by atoms with Gasteiger partial charge in [0.15, 0.2) is 0 Å². The van der Waals surface area contributed by atoms with Crippen molar-refractivity contribution in [3.8, 4) is 0 Å². The summed E-state index contributed by atoms with van der Waals surface area (Å²) < 4.78 is 1.11. The molecule has 0 aromatic heterocycles. The standard InChI is InChI=1S/C9H22N.C6H12O2/c1-5-6-7-8-9-10(2,3)4;1-2-3-4-5-6(7)8/h5-9H2,1-4H3;2-5H2,1H3,(H,7,8)/q+1;/p-1. The van der Waals surface area contributed by atoms with Crippen LogP contribution in [0.15, 0.2) is 0 Å².